The zero-order valence-corrected chi connectivity index (χ0v) is 17.5. The van der Waals surface area contributed by atoms with Gasteiger partial charge in [0, 0.05) is 12.1 Å². The predicted octanol–water partition coefficient (Wildman–Crippen LogP) is -0.620. The molecular formula is C20H25N5O7. The van der Waals surface area contributed by atoms with Crippen molar-refractivity contribution in [3.05, 3.63) is 36.4 Å². The van der Waals surface area contributed by atoms with Crippen LogP contribution in [0.1, 0.15) is 11.8 Å². The summed E-state index contributed by atoms with van der Waals surface area (Å²) in [5.74, 6) is 1.97. The van der Waals surface area contributed by atoms with Crippen LogP contribution in [-0.2, 0) is 11.3 Å². The first-order valence-corrected chi connectivity index (χ1v) is 9.92. The number of anilines is 1. The van der Waals surface area contributed by atoms with Crippen molar-refractivity contribution in [1.29, 1.82) is 0 Å². The standard InChI is InChI=1S/C20H25N5O7/c1-30-11-5-3-4-10(17(11)31-2)6-21-18-13-19(23-8-22-13)25(9-24-18)20-16(29)15(28)14(27)12(7-26)32-20/h3-5,8-9,12,14-16,20-21,26-29H,6-7H2,1-2H3/t12-,14-,15+,16-,20?/m1/s1. The molecule has 5 N–H and O–H groups in total. The molecule has 0 aromatic heterocycles. The van der Waals surface area contributed by atoms with Crippen LogP contribution in [0.15, 0.2) is 30.9 Å². The maximum absolute atomic E-state index is 10.4. The smallest absolute Gasteiger partial charge is 0.167 e. The molecule has 0 spiro atoms. The SMILES string of the molecule is COc1cccc(CNc2ncn(C3O[C@H](CO)[C@@H](O)[C@H](O)[C@H]3O)c3ncnc2-3)c1OC. The maximum Gasteiger partial charge on any atom is 0.167 e. The summed E-state index contributed by atoms with van der Waals surface area (Å²) in [6.45, 7) is -0.174. The molecule has 5 atom stereocenters. The number of ether oxygens (including phenoxy) is 3. The summed E-state index contributed by atoms with van der Waals surface area (Å²) < 4.78 is 17.8. The number of hydrogen-bond donors (Lipinski definition) is 5. The highest BCUT2D eigenvalue weighted by Crippen LogP contribution is 2.35. The first kappa shape index (κ1) is 22.2. The summed E-state index contributed by atoms with van der Waals surface area (Å²) in [5.41, 5.74) is 1.25. The van der Waals surface area contributed by atoms with E-state index in [2.05, 4.69) is 20.3 Å². The first-order valence-electron chi connectivity index (χ1n) is 9.92. The van der Waals surface area contributed by atoms with E-state index in [4.69, 9.17) is 14.2 Å². The zero-order chi connectivity index (χ0) is 22.8. The Morgan fingerprint density at radius 2 is 1.88 bits per heavy atom. The molecule has 0 radical (unpaired) electrons. The molecule has 12 heteroatoms. The van der Waals surface area contributed by atoms with E-state index in [1.807, 2.05) is 12.1 Å². The highest BCUT2D eigenvalue weighted by molar-refractivity contribution is 5.67. The lowest BCUT2D eigenvalue weighted by Crippen LogP contribution is -2.56. The van der Waals surface area contributed by atoms with Crippen molar-refractivity contribution in [2.24, 2.45) is 0 Å². The van der Waals surface area contributed by atoms with E-state index < -0.39 is 37.3 Å². The van der Waals surface area contributed by atoms with Gasteiger partial charge in [0.05, 0.1) is 20.8 Å². The lowest BCUT2D eigenvalue weighted by atomic mass is 9.98. The average Bonchev–Trinajstić information content (AvgIpc) is 3.31. The quantitative estimate of drug-likeness (QED) is 0.313. The summed E-state index contributed by atoms with van der Waals surface area (Å²) in [6, 6.07) is 5.54. The van der Waals surface area contributed by atoms with Crippen molar-refractivity contribution in [3.8, 4) is 23.0 Å². The van der Waals surface area contributed by atoms with Gasteiger partial charge in [0.25, 0.3) is 0 Å². The number of nitrogens with one attached hydrogen (secondary N) is 1. The summed E-state index contributed by atoms with van der Waals surface area (Å²) >= 11 is 0. The number of aromatic nitrogens is 4. The molecule has 1 aromatic rings. The number of para-hydroxylation sites is 1. The molecule has 1 aromatic carbocycles. The Hall–Kier alpha value is -3.03. The Morgan fingerprint density at radius 1 is 1.06 bits per heavy atom. The molecule has 0 aliphatic carbocycles. The number of aliphatic hydroxyl groups is 4. The molecule has 3 aliphatic heterocycles. The maximum atomic E-state index is 10.4. The fourth-order valence-electron chi connectivity index (χ4n) is 3.75. The van der Waals surface area contributed by atoms with Crippen molar-refractivity contribution in [3.63, 3.8) is 0 Å². The minimum Gasteiger partial charge on any atom is -0.493 e. The number of nitrogens with zero attached hydrogens (tertiary/aromatic N) is 4. The number of hydrogen-bond acceptors (Lipinski definition) is 11. The van der Waals surface area contributed by atoms with E-state index in [0.29, 0.717) is 35.4 Å². The minimum absolute atomic E-state index is 0.337. The van der Waals surface area contributed by atoms with Gasteiger partial charge in [0.2, 0.25) is 0 Å². The van der Waals surface area contributed by atoms with Crippen LogP contribution in [0.3, 0.4) is 0 Å². The molecule has 3 aliphatic rings. The molecule has 4 rings (SSSR count). The Labute approximate surface area is 183 Å². The molecule has 0 saturated carbocycles. The zero-order valence-electron chi connectivity index (χ0n) is 17.5. The molecule has 172 valence electrons. The second-order valence-corrected chi connectivity index (χ2v) is 7.27. The van der Waals surface area contributed by atoms with Gasteiger partial charge < -0.3 is 40.0 Å². The molecule has 0 bridgehead atoms. The van der Waals surface area contributed by atoms with Gasteiger partial charge in [-0.15, -0.1) is 0 Å². The van der Waals surface area contributed by atoms with Crippen molar-refractivity contribution in [2.75, 3.05) is 26.1 Å². The Bertz CT molecular complexity index is 1030. The third-order valence-corrected chi connectivity index (χ3v) is 5.43. The van der Waals surface area contributed by atoms with Crippen molar-refractivity contribution in [1.82, 2.24) is 19.5 Å². The lowest BCUT2D eigenvalue weighted by molar-refractivity contribution is -0.251. The van der Waals surface area contributed by atoms with E-state index >= 15 is 0 Å². The number of fused-ring (bicyclic) bond motifs is 1. The fourth-order valence-corrected chi connectivity index (χ4v) is 3.75. The van der Waals surface area contributed by atoms with Crippen LogP contribution in [0.4, 0.5) is 5.82 Å². The molecule has 1 fully saturated rings. The first-order chi connectivity index (χ1) is 15.5. The summed E-state index contributed by atoms with van der Waals surface area (Å²) in [4.78, 5) is 12.9. The lowest BCUT2D eigenvalue weighted by Gasteiger charge is -2.41. The molecule has 32 heavy (non-hydrogen) atoms. The predicted molar refractivity (Wildman–Crippen MR) is 110 cm³/mol. The van der Waals surface area contributed by atoms with Crippen LogP contribution in [0.2, 0.25) is 0 Å². The fraction of sp³-hybridized carbons (Fsp3) is 0.450. The average molecular weight is 447 g/mol. The van der Waals surface area contributed by atoms with Gasteiger partial charge in [-0.1, -0.05) is 12.1 Å². The van der Waals surface area contributed by atoms with E-state index in [1.165, 1.54) is 17.2 Å². The van der Waals surface area contributed by atoms with E-state index in [0.717, 1.165) is 5.56 Å². The van der Waals surface area contributed by atoms with Crippen LogP contribution in [0.5, 0.6) is 11.5 Å². The minimum atomic E-state index is -1.52. The van der Waals surface area contributed by atoms with Crippen LogP contribution in [-0.4, -0.2) is 85.2 Å². The Morgan fingerprint density at radius 3 is 2.59 bits per heavy atom. The van der Waals surface area contributed by atoms with Gasteiger partial charge in [-0.2, -0.15) is 0 Å². The number of imidazole rings is 1. The van der Waals surface area contributed by atoms with Gasteiger partial charge in [-0.3, -0.25) is 4.57 Å². The molecule has 3 heterocycles. The van der Waals surface area contributed by atoms with E-state index in [9.17, 15) is 20.4 Å². The van der Waals surface area contributed by atoms with Crippen molar-refractivity contribution < 1.29 is 34.6 Å². The summed E-state index contributed by atoms with van der Waals surface area (Å²) in [6.07, 6.45) is -3.92. The summed E-state index contributed by atoms with van der Waals surface area (Å²) in [7, 11) is 3.13. The van der Waals surface area contributed by atoms with Gasteiger partial charge in [-0.25, -0.2) is 15.0 Å². The van der Waals surface area contributed by atoms with Crippen LogP contribution in [0.25, 0.3) is 11.5 Å². The topological polar surface area (TPSA) is 164 Å². The van der Waals surface area contributed by atoms with Crippen LogP contribution in [0, 0.1) is 0 Å². The molecule has 0 amide bonds. The van der Waals surface area contributed by atoms with Crippen LogP contribution >= 0.6 is 0 Å². The van der Waals surface area contributed by atoms with E-state index in [1.54, 1.807) is 20.3 Å². The van der Waals surface area contributed by atoms with E-state index in [-0.39, 0.29) is 0 Å². The van der Waals surface area contributed by atoms with Crippen LogP contribution < -0.4 is 14.8 Å². The third-order valence-electron chi connectivity index (χ3n) is 5.43. The van der Waals surface area contributed by atoms with Gasteiger partial charge in [0.15, 0.2) is 35.1 Å². The highest BCUT2D eigenvalue weighted by atomic mass is 16.6. The number of aliphatic hydroxyl groups excluding tert-OH is 4. The Balaban J connectivity index is 1.61. The normalized spacial score (nSPS) is 25.6. The van der Waals surface area contributed by atoms with Crippen molar-refractivity contribution in [2.45, 2.75) is 37.2 Å². The molecule has 12 nitrogen and oxygen atoms in total. The number of benzene rings is 1. The second-order valence-electron chi connectivity index (χ2n) is 7.27. The largest absolute Gasteiger partial charge is 0.493 e. The molecule has 1 saturated heterocycles. The third kappa shape index (κ3) is 3.82. The number of rotatable bonds is 7. The van der Waals surface area contributed by atoms with Gasteiger partial charge in [-0.05, 0) is 6.07 Å². The molecular weight excluding hydrogens is 422 g/mol. The van der Waals surface area contributed by atoms with Gasteiger partial charge in [0.1, 0.15) is 37.1 Å². The number of methoxy groups -OCH3 is 2. The second kappa shape index (κ2) is 9.22. The molecule has 1 unspecified atom stereocenters. The summed E-state index contributed by atoms with van der Waals surface area (Å²) in [5, 5.41) is 43.2. The Kier molecular flexibility index (Phi) is 6.39. The monoisotopic (exact) mass is 447 g/mol. The van der Waals surface area contributed by atoms with Crippen molar-refractivity contribution >= 4 is 5.82 Å². The highest BCUT2D eigenvalue weighted by Gasteiger charge is 2.45. The van der Waals surface area contributed by atoms with Gasteiger partial charge >= 0.3 is 0 Å².